The van der Waals surface area contributed by atoms with Gasteiger partial charge >= 0.3 is 0 Å². The molecular formula is C15H25NO2. The van der Waals surface area contributed by atoms with E-state index in [1.54, 1.807) is 7.11 Å². The van der Waals surface area contributed by atoms with E-state index in [2.05, 4.69) is 43.4 Å². The van der Waals surface area contributed by atoms with E-state index >= 15 is 0 Å². The van der Waals surface area contributed by atoms with E-state index < -0.39 is 0 Å². The lowest BCUT2D eigenvalue weighted by Gasteiger charge is -2.23. The van der Waals surface area contributed by atoms with Crippen LogP contribution in [0.3, 0.4) is 0 Å². The summed E-state index contributed by atoms with van der Waals surface area (Å²) in [5, 5.41) is 3.35. The third-order valence-electron chi connectivity index (χ3n) is 2.79. The molecule has 0 fully saturated rings. The number of rotatable bonds is 8. The lowest BCUT2D eigenvalue weighted by Crippen LogP contribution is -2.27. The maximum absolute atomic E-state index is 6.05. The molecule has 1 aromatic carbocycles. The SMILES string of the molecule is CCNCC(OC(C)COC)c1cccc(C)c1. The first-order valence-corrected chi connectivity index (χ1v) is 6.59. The Labute approximate surface area is 110 Å². The number of hydrogen-bond donors (Lipinski definition) is 1. The molecule has 0 saturated carbocycles. The fourth-order valence-corrected chi connectivity index (χ4v) is 1.94. The van der Waals surface area contributed by atoms with Crippen molar-refractivity contribution in [3.8, 4) is 0 Å². The van der Waals surface area contributed by atoms with Crippen LogP contribution < -0.4 is 5.32 Å². The highest BCUT2D eigenvalue weighted by Gasteiger charge is 2.15. The third-order valence-corrected chi connectivity index (χ3v) is 2.79. The van der Waals surface area contributed by atoms with Crippen molar-refractivity contribution in [2.75, 3.05) is 26.8 Å². The van der Waals surface area contributed by atoms with Gasteiger partial charge in [0, 0.05) is 13.7 Å². The predicted octanol–water partition coefficient (Wildman–Crippen LogP) is 2.70. The second-order valence-corrected chi connectivity index (χ2v) is 4.61. The lowest BCUT2D eigenvalue weighted by atomic mass is 10.1. The van der Waals surface area contributed by atoms with Gasteiger partial charge in [-0.25, -0.2) is 0 Å². The first kappa shape index (κ1) is 15.2. The van der Waals surface area contributed by atoms with Gasteiger partial charge in [0.25, 0.3) is 0 Å². The molecule has 3 nitrogen and oxygen atoms in total. The molecule has 3 heteroatoms. The molecule has 102 valence electrons. The first-order valence-electron chi connectivity index (χ1n) is 6.59. The standard InChI is InChI=1S/C15H25NO2/c1-5-16-10-15(18-13(3)11-17-4)14-8-6-7-12(2)9-14/h6-9,13,15-16H,5,10-11H2,1-4H3. The van der Waals surface area contributed by atoms with Crippen LogP contribution in [0.5, 0.6) is 0 Å². The summed E-state index contributed by atoms with van der Waals surface area (Å²) in [6.45, 7) is 8.64. The van der Waals surface area contributed by atoms with Crippen LogP contribution in [0.15, 0.2) is 24.3 Å². The minimum Gasteiger partial charge on any atom is -0.382 e. The van der Waals surface area contributed by atoms with Gasteiger partial charge in [0.2, 0.25) is 0 Å². The summed E-state index contributed by atoms with van der Waals surface area (Å²) in [6, 6.07) is 8.48. The smallest absolute Gasteiger partial charge is 0.0954 e. The number of hydrogen-bond acceptors (Lipinski definition) is 3. The molecule has 0 aliphatic carbocycles. The maximum Gasteiger partial charge on any atom is 0.0954 e. The zero-order valence-corrected chi connectivity index (χ0v) is 11.9. The molecule has 0 radical (unpaired) electrons. The molecule has 0 aliphatic rings. The van der Waals surface area contributed by atoms with E-state index in [-0.39, 0.29) is 12.2 Å². The van der Waals surface area contributed by atoms with Crippen LogP contribution in [-0.4, -0.2) is 32.9 Å². The van der Waals surface area contributed by atoms with Gasteiger partial charge < -0.3 is 14.8 Å². The van der Waals surface area contributed by atoms with Crippen molar-refractivity contribution < 1.29 is 9.47 Å². The van der Waals surface area contributed by atoms with Gasteiger partial charge in [0.1, 0.15) is 0 Å². The van der Waals surface area contributed by atoms with Crippen LogP contribution in [0.2, 0.25) is 0 Å². The predicted molar refractivity (Wildman–Crippen MR) is 74.9 cm³/mol. The minimum absolute atomic E-state index is 0.0787. The molecule has 0 aromatic heterocycles. The van der Waals surface area contributed by atoms with E-state index in [1.807, 2.05) is 6.92 Å². The summed E-state index contributed by atoms with van der Waals surface area (Å²) in [4.78, 5) is 0. The highest BCUT2D eigenvalue weighted by molar-refractivity contribution is 5.24. The fourth-order valence-electron chi connectivity index (χ4n) is 1.94. The first-order chi connectivity index (χ1) is 8.67. The fraction of sp³-hybridized carbons (Fsp3) is 0.600. The van der Waals surface area contributed by atoms with E-state index in [0.717, 1.165) is 13.1 Å². The van der Waals surface area contributed by atoms with Gasteiger partial charge in [-0.15, -0.1) is 0 Å². The third kappa shape index (κ3) is 5.17. The summed E-state index contributed by atoms with van der Waals surface area (Å²) in [7, 11) is 1.70. The number of methoxy groups -OCH3 is 1. The number of nitrogens with one attached hydrogen (secondary N) is 1. The van der Waals surface area contributed by atoms with E-state index in [0.29, 0.717) is 6.61 Å². The summed E-state index contributed by atoms with van der Waals surface area (Å²) in [5.74, 6) is 0. The van der Waals surface area contributed by atoms with Crippen molar-refractivity contribution >= 4 is 0 Å². The summed E-state index contributed by atoms with van der Waals surface area (Å²) < 4.78 is 11.2. The van der Waals surface area contributed by atoms with E-state index in [9.17, 15) is 0 Å². The van der Waals surface area contributed by atoms with Crippen LogP contribution in [0, 0.1) is 6.92 Å². The van der Waals surface area contributed by atoms with Crippen molar-refractivity contribution in [3.05, 3.63) is 35.4 Å². The van der Waals surface area contributed by atoms with Crippen molar-refractivity contribution in [2.24, 2.45) is 0 Å². The molecule has 0 aliphatic heterocycles. The minimum atomic E-state index is 0.0787. The van der Waals surface area contributed by atoms with Crippen LogP contribution in [0.25, 0.3) is 0 Å². The quantitative estimate of drug-likeness (QED) is 0.770. The molecule has 1 rings (SSSR count). The summed E-state index contributed by atoms with van der Waals surface area (Å²) in [5.41, 5.74) is 2.48. The molecule has 0 heterocycles. The van der Waals surface area contributed by atoms with Crippen LogP contribution >= 0.6 is 0 Å². The van der Waals surface area contributed by atoms with Gasteiger partial charge in [0.05, 0.1) is 18.8 Å². The monoisotopic (exact) mass is 251 g/mol. The maximum atomic E-state index is 6.05. The summed E-state index contributed by atoms with van der Waals surface area (Å²) in [6.07, 6.45) is 0.175. The van der Waals surface area contributed by atoms with Crippen molar-refractivity contribution in [1.29, 1.82) is 0 Å². The Kier molecular flexibility index (Phi) is 6.94. The average Bonchev–Trinajstić information content (AvgIpc) is 2.34. The van der Waals surface area contributed by atoms with Crippen LogP contribution in [0.1, 0.15) is 31.1 Å². The van der Waals surface area contributed by atoms with Crippen molar-refractivity contribution in [3.63, 3.8) is 0 Å². The number of aryl methyl sites for hydroxylation is 1. The molecule has 0 bridgehead atoms. The number of ether oxygens (including phenoxy) is 2. The van der Waals surface area contributed by atoms with Gasteiger partial charge in [-0.2, -0.15) is 0 Å². The van der Waals surface area contributed by atoms with Crippen molar-refractivity contribution in [2.45, 2.75) is 33.0 Å². The van der Waals surface area contributed by atoms with E-state index in [1.165, 1.54) is 11.1 Å². The molecule has 2 unspecified atom stereocenters. The van der Waals surface area contributed by atoms with Gasteiger partial charge in [0.15, 0.2) is 0 Å². The molecule has 1 N–H and O–H groups in total. The Bertz CT molecular complexity index is 341. The molecule has 1 aromatic rings. The molecule has 0 saturated heterocycles. The van der Waals surface area contributed by atoms with Crippen LogP contribution in [0.4, 0.5) is 0 Å². The highest BCUT2D eigenvalue weighted by atomic mass is 16.5. The topological polar surface area (TPSA) is 30.5 Å². The Balaban J connectivity index is 2.70. The van der Waals surface area contributed by atoms with Gasteiger partial charge in [-0.3, -0.25) is 0 Å². The average molecular weight is 251 g/mol. The Hall–Kier alpha value is -0.900. The molecule has 18 heavy (non-hydrogen) atoms. The lowest BCUT2D eigenvalue weighted by molar-refractivity contribution is -0.0392. The Morgan fingerprint density at radius 1 is 1.33 bits per heavy atom. The van der Waals surface area contributed by atoms with Gasteiger partial charge in [-0.1, -0.05) is 36.8 Å². The second-order valence-electron chi connectivity index (χ2n) is 4.61. The largest absolute Gasteiger partial charge is 0.382 e. The molecular weight excluding hydrogens is 226 g/mol. The molecule has 0 spiro atoms. The normalized spacial score (nSPS) is 14.4. The zero-order valence-electron chi connectivity index (χ0n) is 11.9. The van der Waals surface area contributed by atoms with Crippen LogP contribution in [-0.2, 0) is 9.47 Å². The second kappa shape index (κ2) is 8.25. The number of benzene rings is 1. The number of likely N-dealkylation sites (N-methyl/N-ethyl adjacent to an activating group) is 1. The molecule has 2 atom stereocenters. The Morgan fingerprint density at radius 2 is 2.11 bits per heavy atom. The van der Waals surface area contributed by atoms with Gasteiger partial charge in [-0.05, 0) is 26.0 Å². The summed E-state index contributed by atoms with van der Waals surface area (Å²) >= 11 is 0. The highest BCUT2D eigenvalue weighted by Crippen LogP contribution is 2.19. The zero-order chi connectivity index (χ0) is 13.4. The van der Waals surface area contributed by atoms with Crippen molar-refractivity contribution in [1.82, 2.24) is 5.32 Å². The van der Waals surface area contributed by atoms with E-state index in [4.69, 9.17) is 9.47 Å². The molecule has 0 amide bonds. The Morgan fingerprint density at radius 3 is 2.72 bits per heavy atom.